The lowest BCUT2D eigenvalue weighted by Gasteiger charge is -2.08. The summed E-state index contributed by atoms with van der Waals surface area (Å²) in [4.78, 5) is 16.4. The fourth-order valence-electron chi connectivity index (χ4n) is 1.85. The number of aliphatic hydroxyl groups is 1. The summed E-state index contributed by atoms with van der Waals surface area (Å²) in [5.41, 5.74) is 2.09. The van der Waals surface area contributed by atoms with Gasteiger partial charge in [-0.2, -0.15) is 0 Å². The summed E-state index contributed by atoms with van der Waals surface area (Å²) < 4.78 is 1.61. The number of fused-ring (bicyclic) bond motifs is 1. The van der Waals surface area contributed by atoms with Gasteiger partial charge in [-0.1, -0.05) is 12.1 Å². The highest BCUT2D eigenvalue weighted by atomic mass is 16.3. The molecule has 0 aliphatic rings. The molecular weight excluding hydrogens is 216 g/mol. The number of para-hydroxylation sites is 2. The van der Waals surface area contributed by atoms with E-state index in [-0.39, 0.29) is 5.56 Å². The summed E-state index contributed by atoms with van der Waals surface area (Å²) >= 11 is 0. The number of rotatable bonds is 3. The predicted octanol–water partition coefficient (Wildman–Crippen LogP) is 1.25. The van der Waals surface area contributed by atoms with Crippen molar-refractivity contribution in [2.24, 2.45) is 7.05 Å². The summed E-state index contributed by atoms with van der Waals surface area (Å²) in [6.45, 7) is 1.71. The fourth-order valence-corrected chi connectivity index (χ4v) is 1.85. The molecule has 0 saturated heterocycles. The highest BCUT2D eigenvalue weighted by Crippen LogP contribution is 2.09. The average Bonchev–Trinajstić information content (AvgIpc) is 2.32. The van der Waals surface area contributed by atoms with Crippen molar-refractivity contribution in [2.75, 3.05) is 0 Å². The Hall–Kier alpha value is -1.68. The molecule has 1 atom stereocenters. The average molecular weight is 232 g/mol. The van der Waals surface area contributed by atoms with Gasteiger partial charge in [0.2, 0.25) is 0 Å². The van der Waals surface area contributed by atoms with Crippen LogP contribution in [0.4, 0.5) is 0 Å². The van der Waals surface area contributed by atoms with Crippen LogP contribution in [0.15, 0.2) is 29.1 Å². The molecule has 1 heterocycles. The van der Waals surface area contributed by atoms with Gasteiger partial charge >= 0.3 is 0 Å². The molecule has 4 nitrogen and oxygen atoms in total. The van der Waals surface area contributed by atoms with Crippen LogP contribution in [-0.4, -0.2) is 20.8 Å². The van der Waals surface area contributed by atoms with E-state index in [4.69, 9.17) is 0 Å². The lowest BCUT2D eigenvalue weighted by molar-refractivity contribution is 0.184. The lowest BCUT2D eigenvalue weighted by atomic mass is 10.1. The Morgan fingerprint density at radius 2 is 2.12 bits per heavy atom. The van der Waals surface area contributed by atoms with Crippen molar-refractivity contribution < 1.29 is 5.11 Å². The maximum Gasteiger partial charge on any atom is 0.272 e. The smallest absolute Gasteiger partial charge is 0.272 e. The molecule has 1 aromatic carbocycles. The normalized spacial score (nSPS) is 12.9. The van der Waals surface area contributed by atoms with E-state index in [0.29, 0.717) is 18.5 Å². The standard InChI is InChI=1S/C13H16N2O2/c1-9(16)7-8-11-13(17)15(2)12-6-4-3-5-10(12)14-11/h3-6,9,16H,7-8H2,1-2H3. The SMILES string of the molecule is CC(O)CCc1nc2ccccc2n(C)c1=O. The maximum atomic E-state index is 12.0. The van der Waals surface area contributed by atoms with Crippen LogP contribution < -0.4 is 5.56 Å². The largest absolute Gasteiger partial charge is 0.393 e. The summed E-state index contributed by atoms with van der Waals surface area (Å²) in [5, 5.41) is 9.25. The van der Waals surface area contributed by atoms with Gasteiger partial charge < -0.3 is 9.67 Å². The predicted molar refractivity (Wildman–Crippen MR) is 67.0 cm³/mol. The van der Waals surface area contributed by atoms with Gasteiger partial charge in [0.1, 0.15) is 5.69 Å². The molecule has 0 fully saturated rings. The highest BCUT2D eigenvalue weighted by Gasteiger charge is 2.08. The third kappa shape index (κ3) is 2.36. The highest BCUT2D eigenvalue weighted by molar-refractivity contribution is 5.74. The Morgan fingerprint density at radius 1 is 1.41 bits per heavy atom. The number of hydrogen-bond acceptors (Lipinski definition) is 3. The first-order chi connectivity index (χ1) is 8.09. The molecule has 1 aromatic heterocycles. The van der Waals surface area contributed by atoms with Crippen molar-refractivity contribution >= 4 is 11.0 Å². The topological polar surface area (TPSA) is 55.1 Å². The second-order valence-corrected chi connectivity index (χ2v) is 4.30. The van der Waals surface area contributed by atoms with Gasteiger partial charge in [0.25, 0.3) is 5.56 Å². The minimum atomic E-state index is -0.409. The van der Waals surface area contributed by atoms with E-state index in [1.807, 2.05) is 24.3 Å². The molecule has 0 radical (unpaired) electrons. The van der Waals surface area contributed by atoms with Crippen LogP contribution in [0.25, 0.3) is 11.0 Å². The zero-order valence-corrected chi connectivity index (χ0v) is 10.1. The molecule has 90 valence electrons. The van der Waals surface area contributed by atoms with Crippen molar-refractivity contribution in [3.8, 4) is 0 Å². The Bertz CT molecular complexity index is 587. The van der Waals surface area contributed by atoms with Crippen LogP contribution in [0.2, 0.25) is 0 Å². The third-order valence-corrected chi connectivity index (χ3v) is 2.85. The number of benzene rings is 1. The third-order valence-electron chi connectivity index (χ3n) is 2.85. The van der Waals surface area contributed by atoms with E-state index >= 15 is 0 Å². The van der Waals surface area contributed by atoms with Crippen molar-refractivity contribution in [1.82, 2.24) is 9.55 Å². The Morgan fingerprint density at radius 3 is 2.82 bits per heavy atom. The van der Waals surface area contributed by atoms with Crippen LogP contribution in [0.1, 0.15) is 19.0 Å². The van der Waals surface area contributed by atoms with Gasteiger partial charge in [-0.15, -0.1) is 0 Å². The molecule has 0 aliphatic carbocycles. The van der Waals surface area contributed by atoms with Crippen molar-refractivity contribution in [3.63, 3.8) is 0 Å². The van der Waals surface area contributed by atoms with Crippen molar-refractivity contribution in [3.05, 3.63) is 40.3 Å². The molecular formula is C13H16N2O2. The molecule has 0 spiro atoms. The van der Waals surface area contributed by atoms with Gasteiger partial charge in [0, 0.05) is 7.05 Å². The monoisotopic (exact) mass is 232 g/mol. The van der Waals surface area contributed by atoms with E-state index < -0.39 is 6.10 Å². The summed E-state index contributed by atoms with van der Waals surface area (Å²) in [7, 11) is 1.75. The number of aromatic nitrogens is 2. The van der Waals surface area contributed by atoms with Gasteiger partial charge in [-0.3, -0.25) is 4.79 Å². The minimum Gasteiger partial charge on any atom is -0.393 e. The van der Waals surface area contributed by atoms with E-state index in [2.05, 4.69) is 4.98 Å². The van der Waals surface area contributed by atoms with Gasteiger partial charge in [-0.25, -0.2) is 4.98 Å². The number of hydrogen-bond donors (Lipinski definition) is 1. The minimum absolute atomic E-state index is 0.0793. The molecule has 1 N–H and O–H groups in total. The quantitative estimate of drug-likeness (QED) is 0.866. The van der Waals surface area contributed by atoms with Crippen LogP contribution in [-0.2, 0) is 13.5 Å². The van der Waals surface area contributed by atoms with Crippen LogP contribution in [0.3, 0.4) is 0 Å². The Kier molecular flexibility index (Phi) is 3.24. The molecule has 17 heavy (non-hydrogen) atoms. The molecule has 1 unspecified atom stereocenters. The second kappa shape index (κ2) is 4.67. The van der Waals surface area contributed by atoms with Crippen molar-refractivity contribution in [1.29, 1.82) is 0 Å². The first kappa shape index (κ1) is 11.8. The number of nitrogens with zero attached hydrogens (tertiary/aromatic N) is 2. The zero-order chi connectivity index (χ0) is 12.4. The Balaban J connectivity index is 2.50. The second-order valence-electron chi connectivity index (χ2n) is 4.30. The molecule has 0 saturated carbocycles. The molecule has 0 aliphatic heterocycles. The fraction of sp³-hybridized carbons (Fsp3) is 0.385. The number of aliphatic hydroxyl groups excluding tert-OH is 1. The molecule has 0 bridgehead atoms. The van der Waals surface area contributed by atoms with Gasteiger partial charge in [0.05, 0.1) is 17.1 Å². The lowest BCUT2D eigenvalue weighted by Crippen LogP contribution is -2.24. The Labute approximate surface area is 99.5 Å². The van der Waals surface area contributed by atoms with Crippen LogP contribution in [0.5, 0.6) is 0 Å². The van der Waals surface area contributed by atoms with Gasteiger partial charge in [0.15, 0.2) is 0 Å². The summed E-state index contributed by atoms with van der Waals surface area (Å²) in [6.07, 6.45) is 0.656. The first-order valence-electron chi connectivity index (χ1n) is 5.72. The number of aryl methyl sites for hydroxylation is 2. The molecule has 2 aromatic rings. The van der Waals surface area contributed by atoms with Crippen LogP contribution >= 0.6 is 0 Å². The first-order valence-corrected chi connectivity index (χ1v) is 5.72. The van der Waals surface area contributed by atoms with E-state index in [1.54, 1.807) is 18.5 Å². The molecule has 2 rings (SSSR count). The van der Waals surface area contributed by atoms with Crippen LogP contribution in [0, 0.1) is 0 Å². The van der Waals surface area contributed by atoms with E-state index in [1.165, 1.54) is 0 Å². The maximum absolute atomic E-state index is 12.0. The zero-order valence-electron chi connectivity index (χ0n) is 10.1. The van der Waals surface area contributed by atoms with E-state index in [0.717, 1.165) is 11.0 Å². The summed E-state index contributed by atoms with van der Waals surface area (Å²) in [5.74, 6) is 0. The van der Waals surface area contributed by atoms with Crippen molar-refractivity contribution in [2.45, 2.75) is 25.9 Å². The van der Waals surface area contributed by atoms with E-state index in [9.17, 15) is 9.90 Å². The molecule has 0 amide bonds. The van der Waals surface area contributed by atoms with Gasteiger partial charge in [-0.05, 0) is 31.9 Å². The summed E-state index contributed by atoms with van der Waals surface area (Å²) in [6, 6.07) is 7.56. The molecule has 4 heteroatoms.